The molecule has 2 rings (SSSR count). The van der Waals surface area contributed by atoms with Gasteiger partial charge in [-0.3, -0.25) is 4.90 Å². The molecule has 0 spiro atoms. The van der Waals surface area contributed by atoms with E-state index >= 15 is 0 Å². The van der Waals surface area contributed by atoms with Crippen LogP contribution in [0.3, 0.4) is 0 Å². The predicted molar refractivity (Wildman–Crippen MR) is 88.5 cm³/mol. The second kappa shape index (κ2) is 6.91. The van der Waals surface area contributed by atoms with Crippen LogP contribution in [0.2, 0.25) is 0 Å². The summed E-state index contributed by atoms with van der Waals surface area (Å²) in [5, 5.41) is 0. The Morgan fingerprint density at radius 3 is 2.33 bits per heavy atom. The van der Waals surface area contributed by atoms with Crippen molar-refractivity contribution in [3.05, 3.63) is 35.4 Å². The van der Waals surface area contributed by atoms with E-state index in [-0.39, 0.29) is 11.5 Å². The Balaban J connectivity index is 1.96. The summed E-state index contributed by atoms with van der Waals surface area (Å²) in [5.41, 5.74) is 9.19. The maximum Gasteiger partial charge on any atom is 0.0589 e. The summed E-state index contributed by atoms with van der Waals surface area (Å²) in [4.78, 5) is 2.48. The van der Waals surface area contributed by atoms with Gasteiger partial charge in [-0.1, -0.05) is 45.0 Å². The van der Waals surface area contributed by atoms with Gasteiger partial charge in [0.2, 0.25) is 0 Å². The van der Waals surface area contributed by atoms with Crippen LogP contribution in [-0.4, -0.2) is 37.7 Å². The van der Waals surface area contributed by atoms with E-state index in [2.05, 4.69) is 49.9 Å². The maximum absolute atomic E-state index is 6.41. The number of rotatable bonds is 7. The van der Waals surface area contributed by atoms with E-state index in [0.29, 0.717) is 0 Å². The molecule has 1 aromatic rings. The molecule has 3 nitrogen and oxygen atoms in total. The van der Waals surface area contributed by atoms with Crippen LogP contribution in [0.25, 0.3) is 0 Å². The van der Waals surface area contributed by atoms with E-state index < -0.39 is 0 Å². The van der Waals surface area contributed by atoms with Crippen LogP contribution in [0.15, 0.2) is 24.3 Å². The normalized spacial score (nSPS) is 17.2. The maximum atomic E-state index is 6.41. The minimum absolute atomic E-state index is 0.0801. The molecule has 21 heavy (non-hydrogen) atoms. The molecule has 1 atom stereocenters. The van der Waals surface area contributed by atoms with Gasteiger partial charge in [0.1, 0.15) is 0 Å². The molecular formula is C18H30N2O. The highest BCUT2D eigenvalue weighted by molar-refractivity contribution is 5.29. The number of methoxy groups -OCH3 is 1. The zero-order chi connectivity index (χ0) is 15.5. The molecule has 1 saturated carbocycles. The molecule has 0 saturated heterocycles. The molecule has 0 amide bonds. The van der Waals surface area contributed by atoms with Crippen LogP contribution in [-0.2, 0) is 10.2 Å². The van der Waals surface area contributed by atoms with Gasteiger partial charge in [0.25, 0.3) is 0 Å². The van der Waals surface area contributed by atoms with Crippen LogP contribution in [0, 0.1) is 0 Å². The fourth-order valence-electron chi connectivity index (χ4n) is 2.66. The first-order valence-electron chi connectivity index (χ1n) is 8.01. The van der Waals surface area contributed by atoms with Crippen molar-refractivity contribution in [2.45, 2.75) is 51.1 Å². The van der Waals surface area contributed by atoms with Crippen molar-refractivity contribution in [1.29, 1.82) is 0 Å². The van der Waals surface area contributed by atoms with Crippen molar-refractivity contribution in [3.63, 3.8) is 0 Å². The molecule has 1 aliphatic rings. The van der Waals surface area contributed by atoms with Crippen LogP contribution in [0.4, 0.5) is 0 Å². The van der Waals surface area contributed by atoms with E-state index in [1.165, 1.54) is 24.0 Å². The molecule has 2 N–H and O–H groups in total. The summed E-state index contributed by atoms with van der Waals surface area (Å²) in [6.45, 7) is 9.40. The Bertz CT molecular complexity index is 432. The van der Waals surface area contributed by atoms with Crippen LogP contribution in [0.1, 0.15) is 50.8 Å². The quantitative estimate of drug-likeness (QED) is 0.838. The second-order valence-corrected chi connectivity index (χ2v) is 7.20. The third-order valence-electron chi connectivity index (χ3n) is 4.28. The summed E-state index contributed by atoms with van der Waals surface area (Å²) in [6, 6.07) is 9.60. The van der Waals surface area contributed by atoms with Crippen molar-refractivity contribution < 1.29 is 4.74 Å². The van der Waals surface area contributed by atoms with E-state index in [9.17, 15) is 0 Å². The van der Waals surface area contributed by atoms with Gasteiger partial charge in [0.05, 0.1) is 6.61 Å². The standard InChI is InChI=1S/C18H30N2O/c1-18(2,3)15-7-5-14(6-8-15)17(19)13-20(11-12-21-4)16-9-10-16/h5-8,16-17H,9-13,19H2,1-4H3. The predicted octanol–water partition coefficient (Wildman–Crippen LogP) is 3.09. The minimum atomic E-state index is 0.0801. The lowest BCUT2D eigenvalue weighted by Crippen LogP contribution is -2.36. The van der Waals surface area contributed by atoms with Crippen LogP contribution in [0.5, 0.6) is 0 Å². The number of benzene rings is 1. The Morgan fingerprint density at radius 2 is 1.86 bits per heavy atom. The number of hydrogen-bond acceptors (Lipinski definition) is 3. The molecule has 0 bridgehead atoms. The molecule has 1 aliphatic carbocycles. The molecule has 3 heteroatoms. The highest BCUT2D eigenvalue weighted by atomic mass is 16.5. The first-order valence-corrected chi connectivity index (χ1v) is 8.01. The smallest absolute Gasteiger partial charge is 0.0589 e. The summed E-state index contributed by atoms with van der Waals surface area (Å²) in [5.74, 6) is 0. The molecular weight excluding hydrogens is 260 g/mol. The van der Waals surface area contributed by atoms with Gasteiger partial charge in [-0.15, -0.1) is 0 Å². The fourth-order valence-corrected chi connectivity index (χ4v) is 2.66. The van der Waals surface area contributed by atoms with E-state index in [1.54, 1.807) is 7.11 Å². The Labute approximate surface area is 129 Å². The summed E-state index contributed by atoms with van der Waals surface area (Å²) in [6.07, 6.45) is 2.61. The largest absolute Gasteiger partial charge is 0.383 e. The third kappa shape index (κ3) is 4.80. The number of nitrogens with two attached hydrogens (primary N) is 1. The van der Waals surface area contributed by atoms with Gasteiger partial charge in [-0.2, -0.15) is 0 Å². The Kier molecular flexibility index (Phi) is 5.42. The molecule has 1 unspecified atom stereocenters. The van der Waals surface area contributed by atoms with Crippen molar-refractivity contribution >= 4 is 0 Å². The molecule has 0 aliphatic heterocycles. The minimum Gasteiger partial charge on any atom is -0.383 e. The highest BCUT2D eigenvalue weighted by Crippen LogP contribution is 2.29. The van der Waals surface area contributed by atoms with E-state index in [0.717, 1.165) is 25.7 Å². The average molecular weight is 290 g/mol. The first kappa shape index (κ1) is 16.5. The molecule has 1 aromatic carbocycles. The first-order chi connectivity index (χ1) is 9.91. The highest BCUT2D eigenvalue weighted by Gasteiger charge is 2.29. The summed E-state index contributed by atoms with van der Waals surface area (Å²) >= 11 is 0. The number of ether oxygens (including phenoxy) is 1. The van der Waals surface area contributed by atoms with Crippen LogP contribution < -0.4 is 5.73 Å². The lowest BCUT2D eigenvalue weighted by atomic mass is 9.86. The molecule has 1 fully saturated rings. The number of nitrogens with zero attached hydrogens (tertiary/aromatic N) is 1. The van der Waals surface area contributed by atoms with E-state index in [1.807, 2.05) is 0 Å². The average Bonchev–Trinajstić information content (AvgIpc) is 3.27. The van der Waals surface area contributed by atoms with Crippen molar-refractivity contribution in [2.75, 3.05) is 26.8 Å². The topological polar surface area (TPSA) is 38.5 Å². The lowest BCUT2D eigenvalue weighted by molar-refractivity contribution is 0.139. The second-order valence-electron chi connectivity index (χ2n) is 7.20. The van der Waals surface area contributed by atoms with Crippen molar-refractivity contribution in [1.82, 2.24) is 4.90 Å². The van der Waals surface area contributed by atoms with Gasteiger partial charge in [-0.05, 0) is 29.4 Å². The van der Waals surface area contributed by atoms with Gasteiger partial charge in [0, 0.05) is 32.3 Å². The zero-order valence-corrected chi connectivity index (χ0v) is 13.9. The number of hydrogen-bond donors (Lipinski definition) is 1. The zero-order valence-electron chi connectivity index (χ0n) is 13.9. The molecule has 0 heterocycles. The van der Waals surface area contributed by atoms with Gasteiger partial charge >= 0.3 is 0 Å². The van der Waals surface area contributed by atoms with Gasteiger partial charge < -0.3 is 10.5 Å². The van der Waals surface area contributed by atoms with Crippen LogP contribution >= 0.6 is 0 Å². The Hall–Kier alpha value is -0.900. The van der Waals surface area contributed by atoms with Gasteiger partial charge in [-0.25, -0.2) is 0 Å². The summed E-state index contributed by atoms with van der Waals surface area (Å²) in [7, 11) is 1.76. The molecule has 118 valence electrons. The van der Waals surface area contributed by atoms with Gasteiger partial charge in [0.15, 0.2) is 0 Å². The van der Waals surface area contributed by atoms with Crippen molar-refractivity contribution in [3.8, 4) is 0 Å². The summed E-state index contributed by atoms with van der Waals surface area (Å²) < 4.78 is 5.21. The SMILES string of the molecule is COCCN(CC(N)c1ccc(C(C)(C)C)cc1)C1CC1. The monoisotopic (exact) mass is 290 g/mol. The Morgan fingerprint density at radius 1 is 1.24 bits per heavy atom. The van der Waals surface area contributed by atoms with Crippen molar-refractivity contribution in [2.24, 2.45) is 5.73 Å². The third-order valence-corrected chi connectivity index (χ3v) is 4.28. The molecule has 0 aromatic heterocycles. The lowest BCUT2D eigenvalue weighted by Gasteiger charge is -2.26. The molecule has 0 radical (unpaired) electrons. The van der Waals surface area contributed by atoms with E-state index in [4.69, 9.17) is 10.5 Å². The fraction of sp³-hybridized carbons (Fsp3) is 0.667.